The molecule has 0 N–H and O–H groups in total. The Hall–Kier alpha value is -2.69. The molecule has 0 bridgehead atoms. The number of carbonyl (C=O) groups is 2. The minimum atomic E-state index is -0.310. The van der Waals surface area contributed by atoms with Crippen molar-refractivity contribution in [2.75, 3.05) is 18.5 Å². The SMILES string of the molecule is CC(=O)N1CCc2cc(C(=O)N(C)Cc3cccc(F)c3)ccc21. The molecule has 1 aliphatic rings. The second-order valence-corrected chi connectivity index (χ2v) is 6.06. The Kier molecular flexibility index (Phi) is 4.34. The predicted molar refractivity (Wildman–Crippen MR) is 90.4 cm³/mol. The van der Waals surface area contributed by atoms with Gasteiger partial charge >= 0.3 is 0 Å². The summed E-state index contributed by atoms with van der Waals surface area (Å²) in [6.07, 6.45) is 0.754. The summed E-state index contributed by atoms with van der Waals surface area (Å²) in [6, 6.07) is 11.7. The Balaban J connectivity index is 1.77. The van der Waals surface area contributed by atoms with Crippen molar-refractivity contribution in [3.8, 4) is 0 Å². The molecule has 0 unspecified atom stereocenters. The first-order valence-corrected chi connectivity index (χ1v) is 7.86. The summed E-state index contributed by atoms with van der Waals surface area (Å²) in [5.41, 5.74) is 3.22. The van der Waals surface area contributed by atoms with Crippen molar-refractivity contribution < 1.29 is 14.0 Å². The van der Waals surface area contributed by atoms with Gasteiger partial charge < -0.3 is 9.80 Å². The molecule has 0 aromatic heterocycles. The van der Waals surface area contributed by atoms with Gasteiger partial charge in [0, 0.05) is 38.3 Å². The van der Waals surface area contributed by atoms with Gasteiger partial charge in [-0.25, -0.2) is 4.39 Å². The van der Waals surface area contributed by atoms with Crippen molar-refractivity contribution in [3.63, 3.8) is 0 Å². The zero-order chi connectivity index (χ0) is 17.3. The highest BCUT2D eigenvalue weighted by Crippen LogP contribution is 2.29. The first kappa shape index (κ1) is 16.2. The maximum atomic E-state index is 13.3. The molecule has 0 saturated heterocycles. The van der Waals surface area contributed by atoms with E-state index in [9.17, 15) is 14.0 Å². The topological polar surface area (TPSA) is 40.6 Å². The van der Waals surface area contributed by atoms with Gasteiger partial charge in [0.05, 0.1) is 0 Å². The molecule has 0 spiro atoms. The lowest BCUT2D eigenvalue weighted by atomic mass is 10.1. The fourth-order valence-corrected chi connectivity index (χ4v) is 3.06. The van der Waals surface area contributed by atoms with Crippen LogP contribution in [0, 0.1) is 5.82 Å². The summed E-state index contributed by atoms with van der Waals surface area (Å²) in [5.74, 6) is -0.422. The summed E-state index contributed by atoms with van der Waals surface area (Å²) in [6.45, 7) is 2.54. The quantitative estimate of drug-likeness (QED) is 0.870. The van der Waals surface area contributed by atoms with Crippen molar-refractivity contribution >= 4 is 17.5 Å². The molecule has 2 aromatic rings. The van der Waals surface area contributed by atoms with Gasteiger partial charge in [0.15, 0.2) is 0 Å². The maximum Gasteiger partial charge on any atom is 0.253 e. The monoisotopic (exact) mass is 326 g/mol. The van der Waals surface area contributed by atoms with Gasteiger partial charge in [-0.15, -0.1) is 0 Å². The van der Waals surface area contributed by atoms with E-state index in [1.54, 1.807) is 42.0 Å². The number of anilines is 1. The van der Waals surface area contributed by atoms with Crippen molar-refractivity contribution in [1.29, 1.82) is 0 Å². The average molecular weight is 326 g/mol. The Morgan fingerprint density at radius 3 is 2.71 bits per heavy atom. The van der Waals surface area contributed by atoms with Crippen LogP contribution in [0.1, 0.15) is 28.4 Å². The van der Waals surface area contributed by atoms with E-state index in [2.05, 4.69) is 0 Å². The highest BCUT2D eigenvalue weighted by Gasteiger charge is 2.23. The van der Waals surface area contributed by atoms with Crippen molar-refractivity contribution in [2.24, 2.45) is 0 Å². The Morgan fingerprint density at radius 1 is 1.21 bits per heavy atom. The van der Waals surface area contributed by atoms with Crippen LogP contribution in [0.3, 0.4) is 0 Å². The van der Waals surface area contributed by atoms with Gasteiger partial charge in [0.2, 0.25) is 5.91 Å². The molecule has 2 amide bonds. The number of benzene rings is 2. The summed E-state index contributed by atoms with van der Waals surface area (Å²) in [4.78, 5) is 27.5. The van der Waals surface area contributed by atoms with E-state index >= 15 is 0 Å². The molecular formula is C19H19FN2O2. The van der Waals surface area contributed by atoms with Crippen LogP contribution < -0.4 is 4.90 Å². The molecule has 4 nitrogen and oxygen atoms in total. The number of hydrogen-bond acceptors (Lipinski definition) is 2. The third-order valence-electron chi connectivity index (χ3n) is 4.26. The molecule has 2 aromatic carbocycles. The molecule has 1 aliphatic heterocycles. The van der Waals surface area contributed by atoms with E-state index in [0.717, 1.165) is 23.2 Å². The number of halogens is 1. The summed E-state index contributed by atoms with van der Waals surface area (Å²) in [7, 11) is 1.70. The highest BCUT2D eigenvalue weighted by molar-refractivity contribution is 5.97. The van der Waals surface area contributed by atoms with E-state index in [4.69, 9.17) is 0 Å². The molecule has 124 valence electrons. The number of carbonyl (C=O) groups excluding carboxylic acids is 2. The minimum Gasteiger partial charge on any atom is -0.337 e. The lowest BCUT2D eigenvalue weighted by Gasteiger charge is -2.19. The molecular weight excluding hydrogens is 307 g/mol. The summed E-state index contributed by atoms with van der Waals surface area (Å²) < 4.78 is 13.3. The zero-order valence-corrected chi connectivity index (χ0v) is 13.8. The normalized spacial score (nSPS) is 12.9. The fraction of sp³-hybridized carbons (Fsp3) is 0.263. The third kappa shape index (κ3) is 3.15. The first-order valence-electron chi connectivity index (χ1n) is 7.86. The van der Waals surface area contributed by atoms with Crippen LogP contribution in [0.2, 0.25) is 0 Å². The van der Waals surface area contributed by atoms with Crippen molar-refractivity contribution in [3.05, 3.63) is 65.0 Å². The van der Waals surface area contributed by atoms with E-state index in [0.29, 0.717) is 18.7 Å². The summed E-state index contributed by atoms with van der Waals surface area (Å²) >= 11 is 0. The van der Waals surface area contributed by atoms with Crippen LogP contribution in [0.15, 0.2) is 42.5 Å². The molecule has 0 aliphatic carbocycles. The molecule has 1 heterocycles. The number of fused-ring (bicyclic) bond motifs is 1. The average Bonchev–Trinajstić information content (AvgIpc) is 2.97. The van der Waals surface area contributed by atoms with Gasteiger partial charge in [-0.05, 0) is 47.9 Å². The molecule has 5 heteroatoms. The number of hydrogen-bond donors (Lipinski definition) is 0. The second kappa shape index (κ2) is 6.43. The van der Waals surface area contributed by atoms with Gasteiger partial charge in [0.25, 0.3) is 5.91 Å². The molecule has 0 radical (unpaired) electrons. The minimum absolute atomic E-state index is 0.0102. The molecule has 0 fully saturated rings. The van der Waals surface area contributed by atoms with Crippen LogP contribution in [0.5, 0.6) is 0 Å². The molecule has 0 saturated carbocycles. The maximum absolute atomic E-state index is 13.3. The van der Waals surface area contributed by atoms with Gasteiger partial charge in [-0.1, -0.05) is 12.1 Å². The van der Waals surface area contributed by atoms with E-state index in [-0.39, 0.29) is 17.6 Å². The lowest BCUT2D eigenvalue weighted by Crippen LogP contribution is -2.27. The molecule has 24 heavy (non-hydrogen) atoms. The van der Waals surface area contributed by atoms with Gasteiger partial charge in [0.1, 0.15) is 5.82 Å². The zero-order valence-electron chi connectivity index (χ0n) is 13.8. The predicted octanol–water partition coefficient (Wildman–Crippen LogP) is 3.01. The summed E-state index contributed by atoms with van der Waals surface area (Å²) in [5, 5.41) is 0. The van der Waals surface area contributed by atoms with Gasteiger partial charge in [-0.3, -0.25) is 9.59 Å². The van der Waals surface area contributed by atoms with Crippen LogP contribution in [0.4, 0.5) is 10.1 Å². The van der Waals surface area contributed by atoms with E-state index in [1.165, 1.54) is 12.1 Å². The number of rotatable bonds is 3. The van der Waals surface area contributed by atoms with Crippen molar-refractivity contribution in [2.45, 2.75) is 19.9 Å². The number of nitrogens with zero attached hydrogens (tertiary/aromatic N) is 2. The second-order valence-electron chi connectivity index (χ2n) is 6.06. The lowest BCUT2D eigenvalue weighted by molar-refractivity contribution is -0.116. The highest BCUT2D eigenvalue weighted by atomic mass is 19.1. The van der Waals surface area contributed by atoms with Crippen molar-refractivity contribution in [1.82, 2.24) is 4.90 Å². The van der Waals surface area contributed by atoms with E-state index in [1.807, 2.05) is 12.1 Å². The number of amides is 2. The van der Waals surface area contributed by atoms with E-state index < -0.39 is 0 Å². The standard InChI is InChI=1S/C19H19FN2O2/c1-13(23)22-9-8-15-11-16(6-7-18(15)22)19(24)21(2)12-14-4-3-5-17(20)10-14/h3-7,10-11H,8-9,12H2,1-2H3. The van der Waals surface area contributed by atoms with Crippen LogP contribution in [0.25, 0.3) is 0 Å². The Labute approximate surface area is 140 Å². The Bertz CT molecular complexity index is 804. The van der Waals surface area contributed by atoms with Gasteiger partial charge in [-0.2, -0.15) is 0 Å². The first-order chi connectivity index (χ1) is 11.5. The fourth-order valence-electron chi connectivity index (χ4n) is 3.06. The van der Waals surface area contributed by atoms with Crippen LogP contribution in [-0.2, 0) is 17.8 Å². The van der Waals surface area contributed by atoms with Crippen LogP contribution in [-0.4, -0.2) is 30.3 Å². The molecule has 3 rings (SSSR count). The van der Waals surface area contributed by atoms with Crippen LogP contribution >= 0.6 is 0 Å². The Morgan fingerprint density at radius 2 is 2.00 bits per heavy atom. The largest absolute Gasteiger partial charge is 0.337 e. The third-order valence-corrected chi connectivity index (χ3v) is 4.26. The smallest absolute Gasteiger partial charge is 0.253 e. The molecule has 0 atom stereocenters.